The Labute approximate surface area is 113 Å². The highest BCUT2D eigenvalue weighted by atomic mass is 16.5. The van der Waals surface area contributed by atoms with Gasteiger partial charge in [0.2, 0.25) is 11.6 Å². The van der Waals surface area contributed by atoms with Crippen molar-refractivity contribution < 1.29 is 28.7 Å². The molecule has 0 N–H and O–H groups in total. The molecule has 0 saturated heterocycles. The molecule has 19 heavy (non-hydrogen) atoms. The molecule has 0 aliphatic rings. The number of hydrogen-bond donors (Lipinski definition) is 0. The van der Waals surface area contributed by atoms with Gasteiger partial charge < -0.3 is 9.47 Å². The topological polar surface area (TPSA) is 86.7 Å². The van der Waals surface area contributed by atoms with Crippen LogP contribution in [0.15, 0.2) is 0 Å². The molecule has 0 amide bonds. The van der Waals surface area contributed by atoms with Crippen LogP contribution >= 0.6 is 0 Å². The van der Waals surface area contributed by atoms with Gasteiger partial charge in [-0.05, 0) is 12.8 Å². The Kier molecular flexibility index (Phi) is 13.1. The van der Waals surface area contributed by atoms with Crippen LogP contribution in [0.5, 0.6) is 0 Å². The summed E-state index contributed by atoms with van der Waals surface area (Å²) in [7, 11) is 0. The monoisotopic (exact) mass is 274 g/mol. The quantitative estimate of drug-likeness (QED) is 0.396. The first-order valence-electron chi connectivity index (χ1n) is 6.22. The predicted molar refractivity (Wildman–Crippen MR) is 68.5 cm³/mol. The molecule has 0 fully saturated rings. The van der Waals surface area contributed by atoms with Crippen molar-refractivity contribution >= 4 is 23.5 Å². The van der Waals surface area contributed by atoms with Gasteiger partial charge in [-0.25, -0.2) is 9.59 Å². The molecule has 0 spiro atoms. The van der Waals surface area contributed by atoms with Gasteiger partial charge in [-0.3, -0.25) is 9.59 Å². The van der Waals surface area contributed by atoms with Gasteiger partial charge in [-0.2, -0.15) is 0 Å². The van der Waals surface area contributed by atoms with Crippen LogP contribution in [-0.4, -0.2) is 36.7 Å². The third-order valence-electron chi connectivity index (χ3n) is 1.74. The molecule has 0 atom stereocenters. The summed E-state index contributed by atoms with van der Waals surface area (Å²) in [6.07, 6.45) is 2.53. The van der Waals surface area contributed by atoms with Crippen LogP contribution in [0.25, 0.3) is 0 Å². The number of ether oxygens (including phenoxy) is 2. The highest BCUT2D eigenvalue weighted by molar-refractivity contribution is 6.32. The third kappa shape index (κ3) is 14.2. The van der Waals surface area contributed by atoms with Crippen LogP contribution in [0.2, 0.25) is 0 Å². The number of carbonyl (C=O) groups is 4. The maximum atomic E-state index is 10.4. The van der Waals surface area contributed by atoms with Gasteiger partial charge in [-0.1, -0.05) is 20.3 Å². The van der Waals surface area contributed by atoms with E-state index in [0.717, 1.165) is 19.3 Å². The molecular formula is C13H22O6. The van der Waals surface area contributed by atoms with E-state index in [9.17, 15) is 19.2 Å². The summed E-state index contributed by atoms with van der Waals surface area (Å²) in [5.74, 6) is -2.54. The summed E-state index contributed by atoms with van der Waals surface area (Å²) in [5, 5.41) is 0. The van der Waals surface area contributed by atoms with Crippen molar-refractivity contribution in [3.8, 4) is 0 Å². The van der Waals surface area contributed by atoms with Crippen LogP contribution in [0, 0.1) is 0 Å². The lowest BCUT2D eigenvalue weighted by Crippen LogP contribution is -2.14. The summed E-state index contributed by atoms with van der Waals surface area (Å²) in [4.78, 5) is 41.2. The minimum absolute atomic E-state index is 0.332. The number of rotatable bonds is 7. The minimum Gasteiger partial charge on any atom is -0.460 e. The molecule has 0 aromatic rings. The Balaban J connectivity index is 0. The zero-order chi connectivity index (χ0) is 15.3. The standard InChI is InChI=1S/C7H12O3.C6H10O3/c1-3-4-5-10-7(9)6(2)8;1-3-4-9-6(8)5(2)7/h3-5H2,1-2H3;3-4H2,1-2H3. The van der Waals surface area contributed by atoms with Crippen LogP contribution in [0.4, 0.5) is 0 Å². The van der Waals surface area contributed by atoms with Gasteiger partial charge in [-0.15, -0.1) is 0 Å². The fourth-order valence-corrected chi connectivity index (χ4v) is 0.707. The number of Topliss-reactive ketones (excluding diaryl/α,β-unsaturated/α-hetero) is 2. The summed E-state index contributed by atoms with van der Waals surface area (Å²) < 4.78 is 9.02. The second-order valence-electron chi connectivity index (χ2n) is 3.74. The maximum absolute atomic E-state index is 10.4. The summed E-state index contributed by atoms with van der Waals surface area (Å²) in [5.41, 5.74) is 0. The Hall–Kier alpha value is -1.72. The molecule has 6 heteroatoms. The van der Waals surface area contributed by atoms with Crippen molar-refractivity contribution in [3.63, 3.8) is 0 Å². The Bertz CT molecular complexity index is 308. The Morgan fingerprint density at radius 3 is 1.47 bits per heavy atom. The number of ketones is 2. The van der Waals surface area contributed by atoms with Crippen LogP contribution in [-0.2, 0) is 28.7 Å². The van der Waals surface area contributed by atoms with E-state index in [-0.39, 0.29) is 0 Å². The fourth-order valence-electron chi connectivity index (χ4n) is 0.707. The van der Waals surface area contributed by atoms with E-state index in [1.807, 2.05) is 13.8 Å². The predicted octanol–water partition coefficient (Wildman–Crippen LogP) is 1.45. The molecule has 0 saturated carbocycles. The van der Waals surface area contributed by atoms with E-state index in [0.29, 0.717) is 13.2 Å². The van der Waals surface area contributed by atoms with E-state index in [1.165, 1.54) is 13.8 Å². The van der Waals surface area contributed by atoms with E-state index >= 15 is 0 Å². The fraction of sp³-hybridized carbons (Fsp3) is 0.692. The van der Waals surface area contributed by atoms with Gasteiger partial charge in [0, 0.05) is 13.8 Å². The molecule has 0 radical (unpaired) electrons. The highest BCUT2D eigenvalue weighted by Gasteiger charge is 2.07. The number of unbranched alkanes of at least 4 members (excludes halogenated alkanes) is 1. The Morgan fingerprint density at radius 2 is 1.16 bits per heavy atom. The van der Waals surface area contributed by atoms with Gasteiger partial charge in [0.05, 0.1) is 13.2 Å². The van der Waals surface area contributed by atoms with Gasteiger partial charge in [0.25, 0.3) is 0 Å². The summed E-state index contributed by atoms with van der Waals surface area (Å²) in [6.45, 7) is 6.94. The summed E-state index contributed by atoms with van der Waals surface area (Å²) in [6, 6.07) is 0. The molecule has 0 aliphatic heterocycles. The first-order chi connectivity index (χ1) is 8.86. The molecule has 0 rings (SSSR count). The highest BCUT2D eigenvalue weighted by Crippen LogP contribution is 1.88. The largest absolute Gasteiger partial charge is 0.460 e. The van der Waals surface area contributed by atoms with E-state index in [4.69, 9.17) is 0 Å². The Morgan fingerprint density at radius 1 is 0.737 bits per heavy atom. The van der Waals surface area contributed by atoms with Crippen molar-refractivity contribution in [3.05, 3.63) is 0 Å². The lowest BCUT2D eigenvalue weighted by Gasteiger charge is -1.98. The van der Waals surface area contributed by atoms with Crippen LogP contribution < -0.4 is 0 Å². The minimum atomic E-state index is -0.739. The number of carbonyl (C=O) groups excluding carboxylic acids is 4. The second-order valence-corrected chi connectivity index (χ2v) is 3.74. The van der Waals surface area contributed by atoms with Crippen LogP contribution in [0.3, 0.4) is 0 Å². The molecule has 0 aromatic heterocycles. The lowest BCUT2D eigenvalue weighted by atomic mass is 10.4. The van der Waals surface area contributed by atoms with Gasteiger partial charge in [0.15, 0.2) is 0 Å². The van der Waals surface area contributed by atoms with E-state index < -0.39 is 23.5 Å². The van der Waals surface area contributed by atoms with Crippen molar-refractivity contribution in [2.45, 2.75) is 47.0 Å². The molecule has 0 aliphatic carbocycles. The summed E-state index contributed by atoms with van der Waals surface area (Å²) >= 11 is 0. The molecule has 0 aromatic carbocycles. The number of hydrogen-bond acceptors (Lipinski definition) is 6. The van der Waals surface area contributed by atoms with E-state index in [1.54, 1.807) is 0 Å². The van der Waals surface area contributed by atoms with Crippen LogP contribution in [0.1, 0.15) is 47.0 Å². The first-order valence-corrected chi connectivity index (χ1v) is 6.22. The molecule has 0 heterocycles. The van der Waals surface area contributed by atoms with E-state index in [2.05, 4.69) is 9.47 Å². The SMILES string of the molecule is CCCCOC(=O)C(C)=O.CCCOC(=O)C(C)=O. The smallest absolute Gasteiger partial charge is 0.374 e. The molecular weight excluding hydrogens is 252 g/mol. The lowest BCUT2D eigenvalue weighted by molar-refractivity contribution is -0.153. The maximum Gasteiger partial charge on any atom is 0.374 e. The van der Waals surface area contributed by atoms with Gasteiger partial charge >= 0.3 is 11.9 Å². The number of esters is 2. The zero-order valence-corrected chi connectivity index (χ0v) is 12.0. The molecule has 6 nitrogen and oxygen atoms in total. The molecule has 110 valence electrons. The average Bonchev–Trinajstić information content (AvgIpc) is 2.36. The second kappa shape index (κ2) is 12.7. The first kappa shape index (κ1) is 19.6. The molecule has 0 bridgehead atoms. The van der Waals surface area contributed by atoms with Crippen molar-refractivity contribution in [1.29, 1.82) is 0 Å². The van der Waals surface area contributed by atoms with Crippen molar-refractivity contribution in [1.82, 2.24) is 0 Å². The average molecular weight is 274 g/mol. The zero-order valence-electron chi connectivity index (χ0n) is 12.0. The van der Waals surface area contributed by atoms with Gasteiger partial charge in [0.1, 0.15) is 0 Å². The third-order valence-corrected chi connectivity index (χ3v) is 1.74. The van der Waals surface area contributed by atoms with Crippen molar-refractivity contribution in [2.75, 3.05) is 13.2 Å². The molecule has 0 unspecified atom stereocenters. The normalized spacial score (nSPS) is 8.84. The van der Waals surface area contributed by atoms with Crippen molar-refractivity contribution in [2.24, 2.45) is 0 Å².